The molecule has 1 atom stereocenters. The zero-order valence-electron chi connectivity index (χ0n) is 12.2. The molecular weight excluding hydrogens is 251 g/mol. The van der Waals surface area contributed by atoms with Crippen molar-refractivity contribution in [1.29, 1.82) is 0 Å². The number of nitrogens with two attached hydrogens (primary N) is 1. The van der Waals surface area contributed by atoms with Gasteiger partial charge in [0.15, 0.2) is 0 Å². The molecule has 0 saturated carbocycles. The normalized spacial score (nSPS) is 13.7. The Labute approximate surface area is 113 Å². The molecule has 0 aliphatic rings. The van der Waals surface area contributed by atoms with Gasteiger partial charge in [0.25, 0.3) is 0 Å². The van der Waals surface area contributed by atoms with Crippen LogP contribution >= 0.6 is 0 Å². The summed E-state index contributed by atoms with van der Waals surface area (Å²) in [5.74, 6) is 0. The number of halogens is 3. The summed E-state index contributed by atoms with van der Waals surface area (Å²) in [5.41, 5.74) is 12.4. The van der Waals surface area contributed by atoms with Gasteiger partial charge in [-0.2, -0.15) is 13.2 Å². The second-order valence-electron chi connectivity index (χ2n) is 5.30. The van der Waals surface area contributed by atoms with Crippen molar-refractivity contribution in [3.8, 4) is 0 Å². The maximum Gasteiger partial charge on any atom is 0.389 e. The maximum atomic E-state index is 12.3. The van der Waals surface area contributed by atoms with Gasteiger partial charge >= 0.3 is 6.18 Å². The molecule has 0 aliphatic carbocycles. The molecule has 0 aromatic heterocycles. The molecule has 108 valence electrons. The van der Waals surface area contributed by atoms with E-state index in [1.54, 1.807) is 0 Å². The van der Waals surface area contributed by atoms with E-state index in [9.17, 15) is 13.2 Å². The number of hydrogen-bond donors (Lipinski definition) is 1. The monoisotopic (exact) mass is 273 g/mol. The van der Waals surface area contributed by atoms with E-state index in [4.69, 9.17) is 5.73 Å². The summed E-state index contributed by atoms with van der Waals surface area (Å²) in [6, 6.07) is -0.556. The van der Waals surface area contributed by atoms with Gasteiger partial charge in [0.2, 0.25) is 0 Å². The Morgan fingerprint density at radius 2 is 1.21 bits per heavy atom. The number of alkyl halides is 3. The van der Waals surface area contributed by atoms with Crippen molar-refractivity contribution in [2.45, 2.75) is 59.7 Å². The average Bonchev–Trinajstić information content (AvgIpc) is 2.31. The van der Waals surface area contributed by atoms with E-state index in [0.717, 1.165) is 27.8 Å². The molecule has 4 heteroatoms. The summed E-state index contributed by atoms with van der Waals surface area (Å²) in [6.45, 7) is 9.92. The van der Waals surface area contributed by atoms with Gasteiger partial charge in [-0.25, -0.2) is 0 Å². The summed E-state index contributed by atoms with van der Waals surface area (Å²) in [4.78, 5) is 0. The van der Waals surface area contributed by atoms with Crippen molar-refractivity contribution >= 4 is 0 Å². The number of rotatable bonds is 3. The zero-order valence-corrected chi connectivity index (χ0v) is 12.2. The van der Waals surface area contributed by atoms with Crippen LogP contribution in [0.3, 0.4) is 0 Å². The van der Waals surface area contributed by atoms with Crippen LogP contribution in [0.5, 0.6) is 0 Å². The lowest BCUT2D eigenvalue weighted by Gasteiger charge is -2.23. The van der Waals surface area contributed by atoms with E-state index in [1.807, 2.05) is 34.6 Å². The zero-order chi connectivity index (χ0) is 15.0. The van der Waals surface area contributed by atoms with Crippen LogP contribution in [0.15, 0.2) is 0 Å². The van der Waals surface area contributed by atoms with Crippen LogP contribution in [0.1, 0.15) is 52.3 Å². The molecule has 1 aromatic rings. The van der Waals surface area contributed by atoms with Crippen molar-refractivity contribution in [1.82, 2.24) is 0 Å². The largest absolute Gasteiger partial charge is 0.389 e. The first kappa shape index (κ1) is 16.0. The predicted octanol–water partition coefficient (Wildman–Crippen LogP) is 4.57. The summed E-state index contributed by atoms with van der Waals surface area (Å²) in [5, 5.41) is 0. The third kappa shape index (κ3) is 3.50. The lowest BCUT2D eigenvalue weighted by Crippen LogP contribution is -2.19. The Morgan fingerprint density at radius 3 is 1.58 bits per heavy atom. The first-order valence-electron chi connectivity index (χ1n) is 6.45. The van der Waals surface area contributed by atoms with Crippen molar-refractivity contribution in [3.05, 3.63) is 33.4 Å². The third-order valence-electron chi connectivity index (χ3n) is 4.17. The van der Waals surface area contributed by atoms with Gasteiger partial charge in [0, 0.05) is 12.5 Å². The van der Waals surface area contributed by atoms with Gasteiger partial charge in [0.05, 0.1) is 0 Å². The second kappa shape index (κ2) is 5.53. The Bertz CT molecular complexity index is 446. The predicted molar refractivity (Wildman–Crippen MR) is 72.3 cm³/mol. The highest BCUT2D eigenvalue weighted by molar-refractivity contribution is 5.50. The fraction of sp³-hybridized carbons (Fsp3) is 0.600. The molecule has 0 amide bonds. The van der Waals surface area contributed by atoms with Crippen LogP contribution < -0.4 is 5.73 Å². The standard InChI is InChI=1S/C15H22F3N/c1-8-9(2)11(4)14(12(5)10(8)3)13(19)6-7-15(16,17)18/h13H,6-7,19H2,1-5H3/t13-/m1/s1. The number of hydrogen-bond acceptors (Lipinski definition) is 1. The molecule has 0 radical (unpaired) electrons. The van der Waals surface area contributed by atoms with E-state index in [2.05, 4.69) is 0 Å². The molecule has 1 nitrogen and oxygen atoms in total. The molecule has 0 heterocycles. The van der Waals surface area contributed by atoms with E-state index in [1.165, 1.54) is 5.56 Å². The van der Waals surface area contributed by atoms with E-state index in [0.29, 0.717) is 0 Å². The lowest BCUT2D eigenvalue weighted by atomic mass is 9.85. The molecule has 0 bridgehead atoms. The second-order valence-corrected chi connectivity index (χ2v) is 5.30. The summed E-state index contributed by atoms with van der Waals surface area (Å²) >= 11 is 0. The van der Waals surface area contributed by atoms with Gasteiger partial charge in [-0.3, -0.25) is 0 Å². The van der Waals surface area contributed by atoms with Gasteiger partial charge in [0.1, 0.15) is 0 Å². The Morgan fingerprint density at radius 1 is 0.842 bits per heavy atom. The minimum Gasteiger partial charge on any atom is -0.324 e. The Balaban J connectivity index is 3.14. The Hall–Kier alpha value is -1.03. The van der Waals surface area contributed by atoms with Gasteiger partial charge in [-0.15, -0.1) is 0 Å². The lowest BCUT2D eigenvalue weighted by molar-refractivity contribution is -0.136. The van der Waals surface area contributed by atoms with Crippen LogP contribution in [0.2, 0.25) is 0 Å². The van der Waals surface area contributed by atoms with Crippen molar-refractivity contribution in [2.75, 3.05) is 0 Å². The minimum atomic E-state index is -4.14. The topological polar surface area (TPSA) is 26.0 Å². The van der Waals surface area contributed by atoms with E-state index >= 15 is 0 Å². The molecule has 19 heavy (non-hydrogen) atoms. The van der Waals surface area contributed by atoms with E-state index in [-0.39, 0.29) is 6.42 Å². The quantitative estimate of drug-likeness (QED) is 0.857. The smallest absolute Gasteiger partial charge is 0.324 e. The highest BCUT2D eigenvalue weighted by Crippen LogP contribution is 2.33. The summed E-state index contributed by atoms with van der Waals surface area (Å²) in [7, 11) is 0. The highest BCUT2D eigenvalue weighted by atomic mass is 19.4. The van der Waals surface area contributed by atoms with Crippen molar-refractivity contribution in [2.24, 2.45) is 5.73 Å². The molecule has 1 rings (SSSR count). The van der Waals surface area contributed by atoms with Crippen LogP contribution in [0, 0.1) is 34.6 Å². The molecule has 0 unspecified atom stereocenters. The first-order valence-corrected chi connectivity index (χ1v) is 6.45. The van der Waals surface area contributed by atoms with Crippen LogP contribution in [0.4, 0.5) is 13.2 Å². The fourth-order valence-electron chi connectivity index (χ4n) is 2.55. The van der Waals surface area contributed by atoms with Crippen molar-refractivity contribution in [3.63, 3.8) is 0 Å². The molecular formula is C15H22F3N. The highest BCUT2D eigenvalue weighted by Gasteiger charge is 2.29. The first-order chi connectivity index (χ1) is 8.56. The minimum absolute atomic E-state index is 0.0624. The maximum absolute atomic E-state index is 12.3. The van der Waals surface area contributed by atoms with E-state index < -0.39 is 18.6 Å². The fourth-order valence-corrected chi connectivity index (χ4v) is 2.55. The summed E-state index contributed by atoms with van der Waals surface area (Å²) < 4.78 is 36.9. The average molecular weight is 273 g/mol. The van der Waals surface area contributed by atoms with Crippen molar-refractivity contribution < 1.29 is 13.2 Å². The third-order valence-corrected chi connectivity index (χ3v) is 4.17. The Kier molecular flexibility index (Phi) is 4.67. The van der Waals surface area contributed by atoms with Crippen LogP contribution in [-0.4, -0.2) is 6.18 Å². The molecule has 0 aliphatic heterocycles. The molecule has 0 spiro atoms. The van der Waals surface area contributed by atoms with Crippen LogP contribution in [0.25, 0.3) is 0 Å². The summed E-state index contributed by atoms with van der Waals surface area (Å²) in [6.07, 6.45) is -5.04. The SMILES string of the molecule is Cc1c(C)c(C)c([C@H](N)CCC(F)(F)F)c(C)c1C. The molecule has 2 N–H and O–H groups in total. The van der Waals surface area contributed by atoms with Gasteiger partial charge < -0.3 is 5.73 Å². The van der Waals surface area contributed by atoms with Gasteiger partial charge in [-0.1, -0.05) is 0 Å². The van der Waals surface area contributed by atoms with Crippen LogP contribution in [-0.2, 0) is 0 Å². The van der Waals surface area contributed by atoms with Gasteiger partial charge in [-0.05, 0) is 74.4 Å². The molecule has 1 aromatic carbocycles. The molecule has 0 saturated heterocycles. The molecule has 0 fully saturated rings. The number of benzene rings is 1.